The molecule has 162 valence electrons. The van der Waals surface area contributed by atoms with Gasteiger partial charge in [-0.3, -0.25) is 0 Å². The van der Waals surface area contributed by atoms with E-state index < -0.39 is 0 Å². The van der Waals surface area contributed by atoms with Crippen LogP contribution in [0.25, 0.3) is 10.8 Å². The predicted molar refractivity (Wildman–Crippen MR) is 133 cm³/mol. The van der Waals surface area contributed by atoms with Gasteiger partial charge in [0.05, 0.1) is 0 Å². The number of anilines is 2. The lowest BCUT2D eigenvalue weighted by molar-refractivity contribution is 0.262. The summed E-state index contributed by atoms with van der Waals surface area (Å²) in [6.07, 6.45) is 0. The van der Waals surface area contributed by atoms with Crippen LogP contribution >= 0.6 is 0 Å². The summed E-state index contributed by atoms with van der Waals surface area (Å²) in [6.45, 7) is 6.97. The fourth-order valence-electron chi connectivity index (χ4n) is 3.49. The summed E-state index contributed by atoms with van der Waals surface area (Å²) in [7, 11) is 0. The molecule has 0 aliphatic carbocycles. The van der Waals surface area contributed by atoms with E-state index >= 15 is 0 Å². The van der Waals surface area contributed by atoms with Crippen LogP contribution in [0, 0.1) is 0 Å². The van der Waals surface area contributed by atoms with E-state index in [1.165, 1.54) is 5.56 Å². The highest BCUT2D eigenvalue weighted by molar-refractivity contribution is 6.01. The Bertz CT molecular complexity index is 1230. The lowest BCUT2D eigenvalue weighted by Gasteiger charge is -2.20. The second kappa shape index (κ2) is 9.15. The molecule has 2 amide bonds. The molecule has 2 N–H and O–H groups in total. The molecule has 0 saturated heterocycles. The zero-order valence-electron chi connectivity index (χ0n) is 18.7. The van der Waals surface area contributed by atoms with E-state index in [9.17, 15) is 4.79 Å². The molecule has 0 aliphatic rings. The molecule has 0 heterocycles. The molecule has 4 aromatic carbocycles. The first-order valence-corrected chi connectivity index (χ1v) is 10.8. The maximum atomic E-state index is 12.6. The van der Waals surface area contributed by atoms with Gasteiger partial charge in [-0.25, -0.2) is 4.79 Å². The molecule has 4 rings (SSSR count). The molecule has 0 fully saturated rings. The van der Waals surface area contributed by atoms with Crippen LogP contribution in [0.4, 0.5) is 16.2 Å². The molecule has 0 saturated carbocycles. The molecule has 0 spiro atoms. The average molecular weight is 425 g/mol. The first-order chi connectivity index (χ1) is 15.4. The van der Waals surface area contributed by atoms with Gasteiger partial charge in [0.15, 0.2) is 0 Å². The molecular weight excluding hydrogens is 396 g/mol. The Kier molecular flexibility index (Phi) is 6.13. The zero-order valence-corrected chi connectivity index (χ0v) is 18.7. The minimum absolute atomic E-state index is 0.0206. The number of amides is 2. The number of rotatable bonds is 5. The van der Waals surface area contributed by atoms with Crippen molar-refractivity contribution in [2.75, 3.05) is 10.6 Å². The smallest absolute Gasteiger partial charge is 0.323 e. The lowest BCUT2D eigenvalue weighted by atomic mass is 9.87. The summed E-state index contributed by atoms with van der Waals surface area (Å²) in [5.74, 6) is 0.793. The van der Waals surface area contributed by atoms with Crippen LogP contribution in [0.3, 0.4) is 0 Å². The molecule has 0 radical (unpaired) electrons. The third kappa shape index (κ3) is 5.46. The molecular formula is C28H28N2O2. The normalized spacial score (nSPS) is 11.2. The number of ether oxygens (including phenoxy) is 1. The Labute approximate surface area is 189 Å². The van der Waals surface area contributed by atoms with E-state index in [-0.39, 0.29) is 11.4 Å². The molecule has 4 nitrogen and oxygen atoms in total. The van der Waals surface area contributed by atoms with Crippen LogP contribution in [0.2, 0.25) is 0 Å². The van der Waals surface area contributed by atoms with Crippen molar-refractivity contribution in [1.82, 2.24) is 0 Å². The van der Waals surface area contributed by atoms with Crippen molar-refractivity contribution in [3.8, 4) is 5.75 Å². The quantitative estimate of drug-likeness (QED) is 0.352. The number of urea groups is 1. The van der Waals surface area contributed by atoms with Gasteiger partial charge in [-0.2, -0.15) is 0 Å². The lowest BCUT2D eigenvalue weighted by Crippen LogP contribution is -2.20. The van der Waals surface area contributed by atoms with Gasteiger partial charge < -0.3 is 15.4 Å². The maximum Gasteiger partial charge on any atom is 0.323 e. The number of hydrogen-bond acceptors (Lipinski definition) is 2. The number of nitrogens with one attached hydrogen (secondary N) is 2. The van der Waals surface area contributed by atoms with Crippen molar-refractivity contribution in [2.24, 2.45) is 0 Å². The zero-order chi connectivity index (χ0) is 22.6. The Morgan fingerprint density at radius 3 is 2.22 bits per heavy atom. The highest BCUT2D eigenvalue weighted by atomic mass is 16.5. The summed E-state index contributed by atoms with van der Waals surface area (Å²) in [5.41, 5.74) is 3.81. The minimum Gasteiger partial charge on any atom is -0.489 e. The van der Waals surface area contributed by atoms with Gasteiger partial charge in [-0.15, -0.1) is 0 Å². The Hall–Kier alpha value is -3.79. The molecule has 0 unspecified atom stereocenters. The SMILES string of the molecule is CC(C)(C)c1cccc(NC(=O)Nc2ccc3ccc(OCc4ccccc4)cc3c2)c1. The number of carbonyl (C=O) groups is 1. The first kappa shape index (κ1) is 21.4. The third-order valence-electron chi connectivity index (χ3n) is 5.30. The molecule has 4 aromatic rings. The topological polar surface area (TPSA) is 50.4 Å². The monoisotopic (exact) mass is 424 g/mol. The molecule has 4 heteroatoms. The molecule has 32 heavy (non-hydrogen) atoms. The second-order valence-corrected chi connectivity index (χ2v) is 8.91. The van der Waals surface area contributed by atoms with E-state index in [2.05, 4.69) is 37.5 Å². The van der Waals surface area contributed by atoms with Gasteiger partial charge in [-0.1, -0.05) is 75.4 Å². The fourth-order valence-corrected chi connectivity index (χ4v) is 3.49. The van der Waals surface area contributed by atoms with Crippen LogP contribution in [-0.4, -0.2) is 6.03 Å². The van der Waals surface area contributed by atoms with Crippen molar-refractivity contribution >= 4 is 28.2 Å². The van der Waals surface area contributed by atoms with E-state index in [1.54, 1.807) is 0 Å². The summed E-state index contributed by atoms with van der Waals surface area (Å²) in [5, 5.41) is 7.94. The van der Waals surface area contributed by atoms with Crippen LogP contribution in [0.1, 0.15) is 31.9 Å². The minimum atomic E-state index is -0.271. The van der Waals surface area contributed by atoms with Crippen LogP contribution in [0.5, 0.6) is 5.75 Å². The molecule has 0 aliphatic heterocycles. The average Bonchev–Trinajstić information content (AvgIpc) is 2.77. The van der Waals surface area contributed by atoms with E-state index in [4.69, 9.17) is 4.74 Å². The van der Waals surface area contributed by atoms with Crippen molar-refractivity contribution in [1.29, 1.82) is 0 Å². The van der Waals surface area contributed by atoms with Gasteiger partial charge in [0.1, 0.15) is 12.4 Å². The van der Waals surface area contributed by atoms with Crippen LogP contribution in [0.15, 0.2) is 91.0 Å². The maximum absolute atomic E-state index is 12.6. The Balaban J connectivity index is 1.44. The number of benzene rings is 4. The standard InChI is InChI=1S/C28H28N2O2/c1-28(2,3)23-10-7-11-24(18-23)29-27(31)30-25-14-12-21-13-15-26(17-22(21)16-25)32-19-20-8-5-4-6-9-20/h4-18H,19H2,1-3H3,(H2,29,30,31). The highest BCUT2D eigenvalue weighted by Crippen LogP contribution is 2.26. The largest absolute Gasteiger partial charge is 0.489 e. The highest BCUT2D eigenvalue weighted by Gasteiger charge is 2.14. The summed E-state index contributed by atoms with van der Waals surface area (Å²) >= 11 is 0. The van der Waals surface area contributed by atoms with E-state index in [1.807, 2.05) is 84.9 Å². The number of hydrogen-bond donors (Lipinski definition) is 2. The molecule has 0 aromatic heterocycles. The van der Waals surface area contributed by atoms with Crippen LogP contribution < -0.4 is 15.4 Å². The van der Waals surface area contributed by atoms with E-state index in [0.717, 1.165) is 33.5 Å². The van der Waals surface area contributed by atoms with Crippen molar-refractivity contribution in [2.45, 2.75) is 32.8 Å². The van der Waals surface area contributed by atoms with Crippen LogP contribution in [-0.2, 0) is 12.0 Å². The number of fused-ring (bicyclic) bond motifs is 1. The van der Waals surface area contributed by atoms with Gasteiger partial charge in [0, 0.05) is 11.4 Å². The van der Waals surface area contributed by atoms with Gasteiger partial charge >= 0.3 is 6.03 Å². The summed E-state index contributed by atoms with van der Waals surface area (Å²) in [4.78, 5) is 12.6. The van der Waals surface area contributed by atoms with Gasteiger partial charge in [0.25, 0.3) is 0 Å². The Morgan fingerprint density at radius 2 is 1.47 bits per heavy atom. The summed E-state index contributed by atoms with van der Waals surface area (Å²) < 4.78 is 5.94. The van der Waals surface area contributed by atoms with Crippen molar-refractivity contribution < 1.29 is 9.53 Å². The second-order valence-electron chi connectivity index (χ2n) is 8.91. The van der Waals surface area contributed by atoms with E-state index in [0.29, 0.717) is 6.61 Å². The van der Waals surface area contributed by atoms with Crippen molar-refractivity contribution in [3.05, 3.63) is 102 Å². The van der Waals surface area contributed by atoms with Gasteiger partial charge in [-0.05, 0) is 63.7 Å². The van der Waals surface area contributed by atoms with Crippen molar-refractivity contribution in [3.63, 3.8) is 0 Å². The molecule has 0 bridgehead atoms. The first-order valence-electron chi connectivity index (χ1n) is 10.8. The van der Waals surface area contributed by atoms with Gasteiger partial charge in [0.2, 0.25) is 0 Å². The Morgan fingerprint density at radius 1 is 0.750 bits per heavy atom. The third-order valence-corrected chi connectivity index (χ3v) is 5.30. The number of carbonyl (C=O) groups excluding carboxylic acids is 1. The fraction of sp³-hybridized carbons (Fsp3) is 0.179. The molecule has 0 atom stereocenters. The summed E-state index contributed by atoms with van der Waals surface area (Å²) in [6, 6.07) is 29.6. The predicted octanol–water partition coefficient (Wildman–Crippen LogP) is 7.36.